The van der Waals surface area contributed by atoms with Crippen LogP contribution in [0.25, 0.3) is 6.08 Å². The van der Waals surface area contributed by atoms with Gasteiger partial charge in [-0.05, 0) is 127 Å². The number of hydrogen-bond acceptors (Lipinski definition) is 5. The predicted molar refractivity (Wildman–Crippen MR) is 208 cm³/mol. The van der Waals surface area contributed by atoms with Crippen molar-refractivity contribution in [3.05, 3.63) is 53.4 Å². The summed E-state index contributed by atoms with van der Waals surface area (Å²) in [6, 6.07) is 6.14. The van der Waals surface area contributed by atoms with E-state index in [9.17, 15) is 14.0 Å². The van der Waals surface area contributed by atoms with E-state index in [0.29, 0.717) is 50.5 Å². The van der Waals surface area contributed by atoms with Crippen molar-refractivity contribution >= 4 is 23.7 Å². The van der Waals surface area contributed by atoms with E-state index in [1.165, 1.54) is 18.6 Å². The van der Waals surface area contributed by atoms with Gasteiger partial charge in [-0.25, -0.2) is 4.39 Å². The van der Waals surface area contributed by atoms with E-state index in [4.69, 9.17) is 4.74 Å². The molecule has 1 aromatic rings. The van der Waals surface area contributed by atoms with Crippen LogP contribution >= 0.6 is 0 Å². The third kappa shape index (κ3) is 6.37. The van der Waals surface area contributed by atoms with Gasteiger partial charge >= 0.3 is 5.97 Å². The van der Waals surface area contributed by atoms with Crippen molar-refractivity contribution < 1.29 is 23.5 Å². The first kappa shape index (κ1) is 38.5. The Morgan fingerprint density at radius 3 is 2.21 bits per heavy atom. The third-order valence-electron chi connectivity index (χ3n) is 16.7. The highest BCUT2D eigenvalue weighted by atomic mass is 19.1. The fourth-order valence-electron chi connectivity index (χ4n) is 13.5. The molecular weight excluding hydrogens is 664 g/mol. The fraction of sp³-hybridized carbons (Fsp3) is 0.717. The van der Waals surface area contributed by atoms with E-state index in [1.807, 2.05) is 0 Å². The van der Waals surface area contributed by atoms with Crippen molar-refractivity contribution in [3.8, 4) is 0 Å². The molecule has 1 aliphatic heterocycles. The van der Waals surface area contributed by atoms with Gasteiger partial charge in [-0.3, -0.25) is 19.3 Å². The molecule has 5 fully saturated rings. The summed E-state index contributed by atoms with van der Waals surface area (Å²) < 4.78 is 19.2. The lowest BCUT2D eigenvalue weighted by atomic mass is 9.33. The molecule has 53 heavy (non-hydrogen) atoms. The summed E-state index contributed by atoms with van der Waals surface area (Å²) in [5.41, 5.74) is 2.53. The number of ketones is 1. The maximum atomic E-state index is 15.0. The number of ether oxygens (including phenoxy) is 1. The maximum Gasteiger partial charge on any atom is 0.302 e. The van der Waals surface area contributed by atoms with Crippen LogP contribution in [0.15, 0.2) is 42.0 Å². The van der Waals surface area contributed by atoms with E-state index in [1.54, 1.807) is 36.8 Å². The number of benzene rings is 1. The summed E-state index contributed by atoms with van der Waals surface area (Å²) in [6.45, 7) is 21.9. The second kappa shape index (κ2) is 13.4. The average Bonchev–Trinajstić information content (AvgIpc) is 3.09. The summed E-state index contributed by atoms with van der Waals surface area (Å²) >= 11 is 0. The van der Waals surface area contributed by atoms with Crippen molar-refractivity contribution in [3.63, 3.8) is 0 Å². The Kier molecular flexibility index (Phi) is 9.76. The second-order valence-corrected chi connectivity index (χ2v) is 20.2. The lowest BCUT2D eigenvalue weighted by Crippen LogP contribution is -2.66. The highest BCUT2D eigenvalue weighted by Gasteiger charge is 2.69. The number of nitrogens with zero attached hydrogens (tertiary/aromatic N) is 2. The van der Waals surface area contributed by atoms with Gasteiger partial charge in [0.1, 0.15) is 11.9 Å². The summed E-state index contributed by atoms with van der Waals surface area (Å²) in [5.74, 6) is 1.24. The molecule has 4 saturated carbocycles. The van der Waals surface area contributed by atoms with E-state index in [-0.39, 0.29) is 62.1 Å². The number of allylic oxidation sites excluding steroid dienone is 2. The van der Waals surface area contributed by atoms with Gasteiger partial charge in [-0.1, -0.05) is 78.3 Å². The van der Waals surface area contributed by atoms with Crippen molar-refractivity contribution in [1.82, 2.24) is 9.80 Å². The van der Waals surface area contributed by atoms with E-state index < -0.39 is 0 Å². The Morgan fingerprint density at radius 2 is 1.53 bits per heavy atom. The Morgan fingerprint density at radius 1 is 0.849 bits per heavy atom. The molecule has 0 radical (unpaired) electrons. The lowest BCUT2D eigenvalue weighted by Gasteiger charge is -2.71. The molecular formula is C46H65FN2O4. The van der Waals surface area contributed by atoms with Gasteiger partial charge in [0.2, 0.25) is 5.91 Å². The number of carbonyl (C=O) groups excluding carboxylic acids is 3. The summed E-state index contributed by atoms with van der Waals surface area (Å²) in [6.07, 6.45) is 16.5. The van der Waals surface area contributed by atoms with Crippen molar-refractivity contribution in [2.24, 2.45) is 50.2 Å². The molecule has 0 bridgehead atoms. The van der Waals surface area contributed by atoms with Crippen LogP contribution in [0.4, 0.5) is 4.39 Å². The number of esters is 1. The summed E-state index contributed by atoms with van der Waals surface area (Å²) in [4.78, 5) is 44.3. The second-order valence-electron chi connectivity index (χ2n) is 20.2. The zero-order valence-corrected chi connectivity index (χ0v) is 33.9. The molecule has 1 heterocycles. The van der Waals surface area contributed by atoms with Gasteiger partial charge < -0.3 is 9.64 Å². The predicted octanol–water partition coefficient (Wildman–Crippen LogP) is 9.29. The van der Waals surface area contributed by atoms with Gasteiger partial charge in [-0.15, -0.1) is 0 Å². The normalized spacial score (nSPS) is 39.2. The Hall–Kier alpha value is -2.80. The van der Waals surface area contributed by atoms with Crippen LogP contribution in [-0.2, 0) is 19.1 Å². The van der Waals surface area contributed by atoms with Gasteiger partial charge in [0.15, 0.2) is 5.78 Å². The minimum atomic E-state index is -0.356. The van der Waals surface area contributed by atoms with Gasteiger partial charge in [0.25, 0.3) is 0 Å². The third-order valence-corrected chi connectivity index (χ3v) is 16.7. The van der Waals surface area contributed by atoms with Crippen molar-refractivity contribution in [1.29, 1.82) is 0 Å². The van der Waals surface area contributed by atoms with E-state index in [0.717, 1.165) is 63.4 Å². The van der Waals surface area contributed by atoms with E-state index in [2.05, 4.69) is 64.3 Å². The molecule has 6 nitrogen and oxygen atoms in total. The van der Waals surface area contributed by atoms with Gasteiger partial charge in [0, 0.05) is 38.5 Å². The van der Waals surface area contributed by atoms with Crippen LogP contribution in [-0.4, -0.2) is 66.3 Å². The highest BCUT2D eigenvalue weighted by Crippen LogP contribution is 2.76. The molecule has 6 aliphatic rings. The average molecular weight is 729 g/mol. The number of carbonyl (C=O) groups is 3. The molecule has 1 aromatic carbocycles. The Balaban J connectivity index is 1.09. The van der Waals surface area contributed by atoms with Crippen LogP contribution in [0.5, 0.6) is 0 Å². The zero-order valence-electron chi connectivity index (χ0n) is 33.9. The number of hydrogen-bond donors (Lipinski definition) is 0. The summed E-state index contributed by atoms with van der Waals surface area (Å²) in [5, 5.41) is 0. The number of amides is 1. The SMILES string of the molecule is CC(=O)O[C@H]1CC[C@]2(C)[C@H]3CC=C4[C@@H]5CC(C)(C)CC[C@]5(C(=O)N5CCN(CC(=O)/C=C/c6ccc(F)cc6)CC5)CC[C@@]4(C)[C@]3(C)CC[C@H]2C1(C)C. The van der Waals surface area contributed by atoms with E-state index >= 15 is 4.79 Å². The van der Waals surface area contributed by atoms with Gasteiger partial charge in [-0.2, -0.15) is 0 Å². The maximum absolute atomic E-state index is 15.0. The van der Waals surface area contributed by atoms with Gasteiger partial charge in [0.05, 0.1) is 12.0 Å². The highest BCUT2D eigenvalue weighted by molar-refractivity contribution is 5.95. The molecule has 1 saturated heterocycles. The molecule has 8 atom stereocenters. The topological polar surface area (TPSA) is 66.9 Å². The molecule has 0 N–H and O–H groups in total. The summed E-state index contributed by atoms with van der Waals surface area (Å²) in [7, 11) is 0. The monoisotopic (exact) mass is 728 g/mol. The van der Waals surface area contributed by atoms with Crippen LogP contribution in [0.3, 0.4) is 0 Å². The minimum absolute atomic E-state index is 0.0220. The largest absolute Gasteiger partial charge is 0.462 e. The first-order valence-corrected chi connectivity index (χ1v) is 20.7. The Bertz CT molecular complexity index is 1670. The minimum Gasteiger partial charge on any atom is -0.462 e. The molecule has 5 aliphatic carbocycles. The van der Waals surface area contributed by atoms with Crippen LogP contribution < -0.4 is 0 Å². The molecule has 1 amide bonds. The number of fused-ring (bicyclic) bond motifs is 7. The number of halogens is 1. The molecule has 0 unspecified atom stereocenters. The molecule has 7 rings (SSSR count). The molecule has 0 aromatic heterocycles. The smallest absolute Gasteiger partial charge is 0.302 e. The first-order valence-electron chi connectivity index (χ1n) is 20.7. The quantitative estimate of drug-likeness (QED) is 0.166. The fourth-order valence-corrected chi connectivity index (χ4v) is 13.5. The number of rotatable bonds is 6. The molecule has 0 spiro atoms. The lowest BCUT2D eigenvalue weighted by molar-refractivity contribution is -0.212. The molecule has 290 valence electrons. The molecule has 7 heteroatoms. The number of piperazine rings is 1. The van der Waals surface area contributed by atoms with Crippen LogP contribution in [0.1, 0.15) is 125 Å². The van der Waals surface area contributed by atoms with Crippen LogP contribution in [0, 0.1) is 56.1 Å². The van der Waals surface area contributed by atoms with Crippen molar-refractivity contribution in [2.45, 2.75) is 126 Å². The standard InChI is InChI=1S/C46H65FN2O4/c1-31(50)53-39-18-19-43(6)37(42(39,4)5)17-20-45(8)38(43)16-15-35-36-29-41(2,3)21-23-46(36,24-22-44(35,45)7)40(52)49-27-25-48(26-28-49)30-34(51)14-11-32-9-12-33(47)13-10-32/h9-15,36-39H,16-30H2,1-8H3/b14-11+/t36-,37-,38+,39-,43-,44+,45+,46-/m0/s1. The zero-order chi connectivity index (χ0) is 38.2. The Labute approximate surface area is 318 Å². The van der Waals surface area contributed by atoms with Crippen molar-refractivity contribution in [2.75, 3.05) is 32.7 Å². The first-order chi connectivity index (χ1) is 24.8. The van der Waals surface area contributed by atoms with Crippen LogP contribution in [0.2, 0.25) is 0 Å².